The Bertz CT molecular complexity index is 612. The number of anilines is 1. The number of thiophene rings is 1. The molecule has 0 saturated heterocycles. The summed E-state index contributed by atoms with van der Waals surface area (Å²) < 4.78 is 0. The SMILES string of the molecule is C[C@@H](NC(=O)Nc1sccc1C(=O)O)c1ccccn1. The van der Waals surface area contributed by atoms with Crippen LogP contribution in [0.4, 0.5) is 9.80 Å². The molecule has 0 aromatic carbocycles. The average molecular weight is 291 g/mol. The van der Waals surface area contributed by atoms with Gasteiger partial charge in [-0.2, -0.15) is 0 Å². The Morgan fingerprint density at radius 2 is 2.15 bits per heavy atom. The van der Waals surface area contributed by atoms with Crippen LogP contribution in [-0.2, 0) is 0 Å². The summed E-state index contributed by atoms with van der Waals surface area (Å²) in [5, 5.41) is 16.1. The zero-order valence-corrected chi connectivity index (χ0v) is 11.5. The molecule has 2 aromatic heterocycles. The van der Waals surface area contributed by atoms with Gasteiger partial charge < -0.3 is 10.4 Å². The number of carbonyl (C=O) groups is 2. The molecule has 0 fully saturated rings. The molecule has 0 aliphatic carbocycles. The number of aromatic nitrogens is 1. The van der Waals surface area contributed by atoms with E-state index in [1.807, 2.05) is 6.07 Å². The second-order valence-electron chi connectivity index (χ2n) is 4.04. The van der Waals surface area contributed by atoms with Crippen LogP contribution >= 0.6 is 11.3 Å². The minimum atomic E-state index is -1.07. The Labute approximate surface area is 119 Å². The summed E-state index contributed by atoms with van der Waals surface area (Å²) >= 11 is 1.16. The number of pyridine rings is 1. The van der Waals surface area contributed by atoms with E-state index in [1.54, 1.807) is 30.6 Å². The smallest absolute Gasteiger partial charge is 0.338 e. The Kier molecular flexibility index (Phi) is 4.31. The number of amides is 2. The summed E-state index contributed by atoms with van der Waals surface area (Å²) in [6, 6.07) is 6.14. The molecular weight excluding hydrogens is 278 g/mol. The van der Waals surface area contributed by atoms with Crippen molar-refractivity contribution in [2.24, 2.45) is 0 Å². The minimum Gasteiger partial charge on any atom is -0.478 e. The fourth-order valence-corrected chi connectivity index (χ4v) is 2.39. The van der Waals surface area contributed by atoms with Gasteiger partial charge in [0.05, 0.1) is 17.3 Å². The topological polar surface area (TPSA) is 91.3 Å². The van der Waals surface area contributed by atoms with E-state index in [0.29, 0.717) is 5.00 Å². The van der Waals surface area contributed by atoms with Crippen molar-refractivity contribution in [1.29, 1.82) is 0 Å². The van der Waals surface area contributed by atoms with Crippen LogP contribution in [0.3, 0.4) is 0 Å². The molecule has 104 valence electrons. The number of carboxylic acids is 1. The van der Waals surface area contributed by atoms with Crippen LogP contribution in [0.2, 0.25) is 0 Å². The van der Waals surface area contributed by atoms with Crippen molar-refractivity contribution in [1.82, 2.24) is 10.3 Å². The fourth-order valence-electron chi connectivity index (χ4n) is 1.62. The number of hydrogen-bond donors (Lipinski definition) is 3. The highest BCUT2D eigenvalue weighted by atomic mass is 32.1. The lowest BCUT2D eigenvalue weighted by molar-refractivity contribution is 0.0698. The zero-order valence-electron chi connectivity index (χ0n) is 10.7. The van der Waals surface area contributed by atoms with Gasteiger partial charge in [-0.25, -0.2) is 9.59 Å². The Hall–Kier alpha value is -2.41. The largest absolute Gasteiger partial charge is 0.478 e. The molecular formula is C13H13N3O3S. The Morgan fingerprint density at radius 3 is 2.80 bits per heavy atom. The lowest BCUT2D eigenvalue weighted by Crippen LogP contribution is -2.31. The molecule has 2 heterocycles. The lowest BCUT2D eigenvalue weighted by Gasteiger charge is -2.13. The van der Waals surface area contributed by atoms with Crippen LogP contribution in [0, 0.1) is 0 Å². The van der Waals surface area contributed by atoms with E-state index < -0.39 is 12.0 Å². The molecule has 0 saturated carbocycles. The number of carbonyl (C=O) groups excluding carboxylic acids is 1. The standard InChI is InChI=1S/C13H13N3O3S/c1-8(10-4-2-3-6-14-10)15-13(19)16-11-9(12(17)18)5-7-20-11/h2-8H,1H3,(H,17,18)(H2,15,16,19)/t8-/m1/s1. The summed E-state index contributed by atoms with van der Waals surface area (Å²) in [6.07, 6.45) is 1.65. The molecule has 7 heteroatoms. The second kappa shape index (κ2) is 6.16. The van der Waals surface area contributed by atoms with Gasteiger partial charge in [-0.1, -0.05) is 6.07 Å². The first-order valence-electron chi connectivity index (χ1n) is 5.87. The highest BCUT2D eigenvalue weighted by molar-refractivity contribution is 7.14. The number of urea groups is 1. The number of aromatic carboxylic acids is 1. The van der Waals surface area contributed by atoms with E-state index in [9.17, 15) is 9.59 Å². The monoisotopic (exact) mass is 291 g/mol. The zero-order chi connectivity index (χ0) is 14.5. The molecule has 2 rings (SSSR count). The van der Waals surface area contributed by atoms with Crippen molar-refractivity contribution < 1.29 is 14.7 Å². The van der Waals surface area contributed by atoms with E-state index in [-0.39, 0.29) is 11.6 Å². The molecule has 2 aromatic rings. The van der Waals surface area contributed by atoms with E-state index >= 15 is 0 Å². The van der Waals surface area contributed by atoms with Gasteiger partial charge in [0, 0.05) is 6.20 Å². The predicted octanol–water partition coefficient (Wildman–Crippen LogP) is 2.72. The molecule has 1 atom stereocenters. The molecule has 0 aliphatic heterocycles. The van der Waals surface area contributed by atoms with Crippen molar-refractivity contribution in [2.75, 3.05) is 5.32 Å². The lowest BCUT2D eigenvalue weighted by atomic mass is 10.2. The van der Waals surface area contributed by atoms with Crippen molar-refractivity contribution in [3.05, 3.63) is 47.1 Å². The first-order chi connectivity index (χ1) is 9.58. The molecule has 0 unspecified atom stereocenters. The Morgan fingerprint density at radius 1 is 1.35 bits per heavy atom. The van der Waals surface area contributed by atoms with Gasteiger partial charge >= 0.3 is 12.0 Å². The summed E-state index contributed by atoms with van der Waals surface area (Å²) in [5.41, 5.74) is 0.808. The van der Waals surface area contributed by atoms with Crippen LogP contribution < -0.4 is 10.6 Å². The van der Waals surface area contributed by atoms with Gasteiger partial charge in [0.25, 0.3) is 0 Å². The number of carboxylic acid groups (broad SMARTS) is 1. The molecule has 0 aliphatic rings. The van der Waals surface area contributed by atoms with Gasteiger partial charge in [-0.3, -0.25) is 10.3 Å². The third kappa shape index (κ3) is 3.33. The van der Waals surface area contributed by atoms with Crippen molar-refractivity contribution in [3.63, 3.8) is 0 Å². The predicted molar refractivity (Wildman–Crippen MR) is 76.1 cm³/mol. The van der Waals surface area contributed by atoms with Crippen molar-refractivity contribution in [2.45, 2.75) is 13.0 Å². The highest BCUT2D eigenvalue weighted by Gasteiger charge is 2.15. The summed E-state index contributed by atoms with van der Waals surface area (Å²) in [4.78, 5) is 26.9. The first kappa shape index (κ1) is 14.0. The molecule has 6 nitrogen and oxygen atoms in total. The quantitative estimate of drug-likeness (QED) is 0.807. The number of rotatable bonds is 4. The van der Waals surface area contributed by atoms with Gasteiger partial charge in [0.15, 0.2) is 0 Å². The molecule has 0 spiro atoms. The number of nitrogens with zero attached hydrogens (tertiary/aromatic N) is 1. The number of hydrogen-bond acceptors (Lipinski definition) is 4. The fraction of sp³-hybridized carbons (Fsp3) is 0.154. The van der Waals surface area contributed by atoms with Gasteiger partial charge in [0.1, 0.15) is 5.00 Å². The highest BCUT2D eigenvalue weighted by Crippen LogP contribution is 2.23. The van der Waals surface area contributed by atoms with Crippen LogP contribution in [0.25, 0.3) is 0 Å². The van der Waals surface area contributed by atoms with Crippen molar-refractivity contribution in [3.8, 4) is 0 Å². The maximum Gasteiger partial charge on any atom is 0.338 e. The molecule has 0 bridgehead atoms. The third-order valence-corrected chi connectivity index (χ3v) is 3.43. The van der Waals surface area contributed by atoms with E-state index in [4.69, 9.17) is 5.11 Å². The molecule has 3 N–H and O–H groups in total. The van der Waals surface area contributed by atoms with E-state index in [0.717, 1.165) is 17.0 Å². The van der Waals surface area contributed by atoms with E-state index in [2.05, 4.69) is 15.6 Å². The summed E-state index contributed by atoms with van der Waals surface area (Å²) in [5.74, 6) is -1.07. The summed E-state index contributed by atoms with van der Waals surface area (Å²) in [7, 11) is 0. The summed E-state index contributed by atoms with van der Waals surface area (Å²) in [6.45, 7) is 1.80. The molecule has 0 radical (unpaired) electrons. The molecule has 2 amide bonds. The minimum absolute atomic E-state index is 0.0793. The van der Waals surface area contributed by atoms with Crippen LogP contribution in [0.15, 0.2) is 35.8 Å². The number of nitrogens with one attached hydrogen (secondary N) is 2. The third-order valence-electron chi connectivity index (χ3n) is 2.60. The van der Waals surface area contributed by atoms with Gasteiger partial charge in [-0.05, 0) is 30.5 Å². The van der Waals surface area contributed by atoms with Gasteiger partial charge in [0.2, 0.25) is 0 Å². The van der Waals surface area contributed by atoms with Crippen LogP contribution in [0.5, 0.6) is 0 Å². The normalized spacial score (nSPS) is 11.7. The van der Waals surface area contributed by atoms with Crippen LogP contribution in [-0.4, -0.2) is 22.1 Å². The average Bonchev–Trinajstić information content (AvgIpc) is 2.87. The maximum atomic E-state index is 11.8. The van der Waals surface area contributed by atoms with E-state index in [1.165, 1.54) is 6.07 Å². The first-order valence-corrected chi connectivity index (χ1v) is 6.75. The second-order valence-corrected chi connectivity index (χ2v) is 4.96. The van der Waals surface area contributed by atoms with Gasteiger partial charge in [-0.15, -0.1) is 11.3 Å². The maximum absolute atomic E-state index is 11.8. The van der Waals surface area contributed by atoms with Crippen molar-refractivity contribution >= 4 is 28.3 Å². The van der Waals surface area contributed by atoms with Crippen LogP contribution in [0.1, 0.15) is 29.0 Å². The molecule has 20 heavy (non-hydrogen) atoms. The Balaban J connectivity index is 1.99.